The molecular weight excluding hydrogens is 260 g/mol. The average Bonchev–Trinajstić information content (AvgIpc) is 2.44. The average molecular weight is 278 g/mol. The number of hydrogen-bond acceptors (Lipinski definition) is 4. The van der Waals surface area contributed by atoms with Gasteiger partial charge in [-0.25, -0.2) is 0 Å². The normalized spacial score (nSPS) is 9.58. The molecule has 102 valence electrons. The van der Waals surface area contributed by atoms with E-state index < -0.39 is 0 Å². The molecule has 2 N–H and O–H groups in total. The van der Waals surface area contributed by atoms with Crippen molar-refractivity contribution in [2.75, 3.05) is 25.2 Å². The van der Waals surface area contributed by atoms with Gasteiger partial charge in [0.25, 0.3) is 5.91 Å². The molecule has 0 radical (unpaired) electrons. The minimum Gasteiger partial charge on any atom is -0.395 e. The number of amides is 1. The molecule has 0 saturated heterocycles. The Hall–Kier alpha value is -1.51. The first-order valence-electron chi connectivity index (χ1n) is 6.10. The van der Waals surface area contributed by atoms with E-state index >= 15 is 0 Å². The Morgan fingerprint density at radius 3 is 3.11 bits per heavy atom. The SMILES string of the molecule is CSCCCNC(=O)c1cncc(C#CCCO)c1. The van der Waals surface area contributed by atoms with Gasteiger partial charge in [0.1, 0.15) is 0 Å². The third-order valence-corrected chi connectivity index (χ3v) is 2.98. The largest absolute Gasteiger partial charge is 0.395 e. The van der Waals surface area contributed by atoms with Crippen molar-refractivity contribution in [3.05, 3.63) is 29.6 Å². The highest BCUT2D eigenvalue weighted by atomic mass is 32.2. The molecule has 1 aromatic heterocycles. The number of aliphatic hydroxyl groups excluding tert-OH is 1. The smallest absolute Gasteiger partial charge is 0.252 e. The molecule has 5 heteroatoms. The van der Waals surface area contributed by atoms with Gasteiger partial charge in [-0.15, -0.1) is 0 Å². The van der Waals surface area contributed by atoms with E-state index in [0.717, 1.165) is 12.2 Å². The predicted molar refractivity (Wildman–Crippen MR) is 78.2 cm³/mol. The van der Waals surface area contributed by atoms with Crippen LogP contribution in [-0.2, 0) is 0 Å². The van der Waals surface area contributed by atoms with E-state index in [1.54, 1.807) is 24.0 Å². The van der Waals surface area contributed by atoms with Gasteiger partial charge in [0.2, 0.25) is 0 Å². The molecular formula is C14H18N2O2S. The maximum Gasteiger partial charge on any atom is 0.252 e. The molecule has 0 unspecified atom stereocenters. The van der Waals surface area contributed by atoms with Crippen LogP contribution in [0.15, 0.2) is 18.5 Å². The molecule has 1 aromatic rings. The van der Waals surface area contributed by atoms with Crippen molar-refractivity contribution in [1.29, 1.82) is 0 Å². The summed E-state index contributed by atoms with van der Waals surface area (Å²) < 4.78 is 0. The van der Waals surface area contributed by atoms with Crippen molar-refractivity contribution in [1.82, 2.24) is 10.3 Å². The summed E-state index contributed by atoms with van der Waals surface area (Å²) in [5, 5.41) is 11.5. The van der Waals surface area contributed by atoms with Gasteiger partial charge in [0.15, 0.2) is 0 Å². The predicted octanol–water partition coefficient (Wildman–Crippen LogP) is 1.30. The zero-order valence-electron chi connectivity index (χ0n) is 11.0. The lowest BCUT2D eigenvalue weighted by Crippen LogP contribution is -2.25. The Morgan fingerprint density at radius 2 is 2.37 bits per heavy atom. The third-order valence-electron chi connectivity index (χ3n) is 2.28. The fourth-order valence-corrected chi connectivity index (χ4v) is 1.81. The van der Waals surface area contributed by atoms with Crippen molar-refractivity contribution in [2.24, 2.45) is 0 Å². The van der Waals surface area contributed by atoms with Gasteiger partial charge in [-0.3, -0.25) is 9.78 Å². The topological polar surface area (TPSA) is 62.2 Å². The molecule has 1 rings (SSSR count). The van der Waals surface area contributed by atoms with Crippen molar-refractivity contribution in [3.8, 4) is 11.8 Å². The minimum atomic E-state index is -0.126. The van der Waals surface area contributed by atoms with Crippen LogP contribution in [0.5, 0.6) is 0 Å². The van der Waals surface area contributed by atoms with Gasteiger partial charge >= 0.3 is 0 Å². The fraction of sp³-hybridized carbons (Fsp3) is 0.429. The number of hydrogen-bond donors (Lipinski definition) is 2. The summed E-state index contributed by atoms with van der Waals surface area (Å²) in [4.78, 5) is 15.8. The van der Waals surface area contributed by atoms with Gasteiger partial charge in [-0.1, -0.05) is 11.8 Å². The zero-order chi connectivity index (χ0) is 13.9. The third kappa shape index (κ3) is 6.27. The molecule has 0 saturated carbocycles. The lowest BCUT2D eigenvalue weighted by Gasteiger charge is -2.04. The van der Waals surface area contributed by atoms with Gasteiger partial charge in [0.05, 0.1) is 12.2 Å². The molecule has 19 heavy (non-hydrogen) atoms. The fourth-order valence-electron chi connectivity index (χ4n) is 1.37. The monoisotopic (exact) mass is 278 g/mol. The van der Waals surface area contributed by atoms with Crippen LogP contribution in [0.1, 0.15) is 28.8 Å². The number of carbonyl (C=O) groups is 1. The molecule has 0 aliphatic heterocycles. The first-order chi connectivity index (χ1) is 9.27. The van der Waals surface area contributed by atoms with Crippen molar-refractivity contribution in [3.63, 3.8) is 0 Å². The molecule has 0 aliphatic carbocycles. The number of aliphatic hydroxyl groups is 1. The summed E-state index contributed by atoms with van der Waals surface area (Å²) >= 11 is 1.76. The van der Waals surface area contributed by atoms with Crippen LogP contribution in [0.25, 0.3) is 0 Å². The number of nitrogens with zero attached hydrogens (tertiary/aromatic N) is 1. The van der Waals surface area contributed by atoms with E-state index in [4.69, 9.17) is 5.11 Å². The van der Waals surface area contributed by atoms with E-state index in [-0.39, 0.29) is 12.5 Å². The van der Waals surface area contributed by atoms with Crippen molar-refractivity contribution < 1.29 is 9.90 Å². The van der Waals surface area contributed by atoms with Gasteiger partial charge in [0, 0.05) is 30.9 Å². The maximum atomic E-state index is 11.8. The Labute approximate surface area is 118 Å². The van der Waals surface area contributed by atoms with E-state index in [0.29, 0.717) is 24.1 Å². The van der Waals surface area contributed by atoms with Crippen LogP contribution in [0.2, 0.25) is 0 Å². The second-order valence-electron chi connectivity index (χ2n) is 3.84. The van der Waals surface area contributed by atoms with Crippen LogP contribution in [-0.4, -0.2) is 41.2 Å². The Bertz CT molecular complexity index is 466. The highest BCUT2D eigenvalue weighted by Crippen LogP contribution is 2.02. The Balaban J connectivity index is 2.56. The number of pyridine rings is 1. The van der Waals surface area contributed by atoms with Crippen LogP contribution < -0.4 is 5.32 Å². The Kier molecular flexibility index (Phi) is 7.71. The summed E-state index contributed by atoms with van der Waals surface area (Å²) in [6, 6.07) is 1.71. The highest BCUT2D eigenvalue weighted by molar-refractivity contribution is 7.98. The number of carbonyl (C=O) groups excluding carboxylic acids is 1. The molecule has 0 bridgehead atoms. The molecule has 1 heterocycles. The molecule has 0 fully saturated rings. The van der Waals surface area contributed by atoms with Crippen LogP contribution in [0.4, 0.5) is 0 Å². The van der Waals surface area contributed by atoms with E-state index in [2.05, 4.69) is 22.1 Å². The Morgan fingerprint density at radius 1 is 1.53 bits per heavy atom. The molecule has 4 nitrogen and oxygen atoms in total. The van der Waals surface area contributed by atoms with E-state index in [1.165, 1.54) is 6.20 Å². The lowest BCUT2D eigenvalue weighted by molar-refractivity contribution is 0.0953. The maximum absolute atomic E-state index is 11.8. The minimum absolute atomic E-state index is 0.0377. The summed E-state index contributed by atoms with van der Waals surface area (Å²) in [5.74, 6) is 6.57. The van der Waals surface area contributed by atoms with Crippen LogP contribution in [0.3, 0.4) is 0 Å². The summed E-state index contributed by atoms with van der Waals surface area (Å²) in [7, 11) is 0. The first kappa shape index (κ1) is 15.5. The summed E-state index contributed by atoms with van der Waals surface area (Å²) in [6.45, 7) is 0.705. The molecule has 0 atom stereocenters. The zero-order valence-corrected chi connectivity index (χ0v) is 11.8. The number of rotatable bonds is 6. The second kappa shape index (κ2) is 9.42. The van der Waals surface area contributed by atoms with Gasteiger partial charge in [-0.05, 0) is 24.5 Å². The van der Waals surface area contributed by atoms with Crippen LogP contribution in [0, 0.1) is 11.8 Å². The molecule has 0 spiro atoms. The van der Waals surface area contributed by atoms with E-state index in [1.807, 2.05) is 6.26 Å². The molecule has 0 aliphatic rings. The molecule has 1 amide bonds. The van der Waals surface area contributed by atoms with Gasteiger partial charge < -0.3 is 10.4 Å². The summed E-state index contributed by atoms with van der Waals surface area (Å²) in [5.41, 5.74) is 1.20. The molecule has 0 aromatic carbocycles. The lowest BCUT2D eigenvalue weighted by atomic mass is 10.2. The number of thioether (sulfide) groups is 1. The first-order valence-corrected chi connectivity index (χ1v) is 7.49. The van der Waals surface area contributed by atoms with E-state index in [9.17, 15) is 4.79 Å². The highest BCUT2D eigenvalue weighted by Gasteiger charge is 2.05. The van der Waals surface area contributed by atoms with Crippen molar-refractivity contribution in [2.45, 2.75) is 12.8 Å². The quantitative estimate of drug-likeness (QED) is 0.608. The standard InChI is InChI=1S/C14H18N2O2S/c1-19-8-4-6-16-14(18)13-9-12(10-15-11-13)5-2-3-7-17/h9-11,17H,3-4,6-8H2,1H3,(H,16,18). The van der Waals surface area contributed by atoms with Crippen LogP contribution >= 0.6 is 11.8 Å². The second-order valence-corrected chi connectivity index (χ2v) is 4.83. The van der Waals surface area contributed by atoms with Crippen molar-refractivity contribution >= 4 is 17.7 Å². The summed E-state index contributed by atoms with van der Waals surface area (Å²) in [6.07, 6.45) is 6.55. The number of aromatic nitrogens is 1. The van der Waals surface area contributed by atoms with Gasteiger partial charge in [-0.2, -0.15) is 11.8 Å². The number of nitrogens with one attached hydrogen (secondary N) is 1.